The molecule has 1 saturated heterocycles. The van der Waals surface area contributed by atoms with E-state index in [9.17, 15) is 9.59 Å². The second-order valence-corrected chi connectivity index (χ2v) is 6.99. The lowest BCUT2D eigenvalue weighted by molar-refractivity contribution is 0.0724. The van der Waals surface area contributed by atoms with E-state index in [2.05, 4.69) is 15.6 Å². The first-order chi connectivity index (χ1) is 14.2. The highest BCUT2D eigenvalue weighted by Gasteiger charge is 2.17. The number of piperidine rings is 1. The Morgan fingerprint density at radius 1 is 1.03 bits per heavy atom. The van der Waals surface area contributed by atoms with E-state index in [1.165, 1.54) is 6.42 Å². The lowest BCUT2D eigenvalue weighted by Crippen LogP contribution is -2.35. The summed E-state index contributed by atoms with van der Waals surface area (Å²) in [5.74, 6) is 0.618. The van der Waals surface area contributed by atoms with Gasteiger partial charge in [-0.3, -0.25) is 4.79 Å². The maximum Gasteiger partial charge on any atom is 0.315 e. The van der Waals surface area contributed by atoms with Crippen LogP contribution in [-0.2, 0) is 13.1 Å². The van der Waals surface area contributed by atoms with E-state index in [4.69, 9.17) is 4.74 Å². The van der Waals surface area contributed by atoms with Crippen molar-refractivity contribution in [1.82, 2.24) is 20.5 Å². The topological polar surface area (TPSA) is 83.6 Å². The van der Waals surface area contributed by atoms with Gasteiger partial charge in [0.25, 0.3) is 5.91 Å². The maximum absolute atomic E-state index is 12.5. The van der Waals surface area contributed by atoms with Crippen molar-refractivity contribution < 1.29 is 14.3 Å². The first-order valence-electron chi connectivity index (χ1n) is 10.1. The fourth-order valence-electron chi connectivity index (χ4n) is 3.29. The van der Waals surface area contributed by atoms with Crippen LogP contribution in [0, 0.1) is 0 Å². The van der Waals surface area contributed by atoms with E-state index >= 15 is 0 Å². The SMILES string of the molecule is CCOc1ncccc1CNC(=O)NCc1ccc(C(=O)N2CCCCC2)cc1. The first-order valence-corrected chi connectivity index (χ1v) is 10.1. The van der Waals surface area contributed by atoms with Gasteiger partial charge in [0.2, 0.25) is 5.88 Å². The number of hydrogen-bond donors (Lipinski definition) is 2. The zero-order valence-electron chi connectivity index (χ0n) is 16.8. The Hall–Kier alpha value is -3.09. The summed E-state index contributed by atoms with van der Waals surface area (Å²) in [5.41, 5.74) is 2.46. The van der Waals surface area contributed by atoms with Crippen LogP contribution < -0.4 is 15.4 Å². The number of pyridine rings is 1. The highest BCUT2D eigenvalue weighted by molar-refractivity contribution is 5.94. The fourth-order valence-corrected chi connectivity index (χ4v) is 3.29. The number of aromatic nitrogens is 1. The van der Waals surface area contributed by atoms with Crippen molar-refractivity contribution in [3.63, 3.8) is 0 Å². The molecule has 0 radical (unpaired) electrons. The van der Waals surface area contributed by atoms with Gasteiger partial charge in [-0.2, -0.15) is 0 Å². The molecule has 2 N–H and O–H groups in total. The van der Waals surface area contributed by atoms with Crippen LogP contribution in [0.15, 0.2) is 42.6 Å². The smallest absolute Gasteiger partial charge is 0.315 e. The standard InChI is InChI=1S/C22H28N4O3/c1-2-29-20-19(7-6-12-23-20)16-25-22(28)24-15-17-8-10-18(11-9-17)21(27)26-13-4-3-5-14-26/h6-12H,2-5,13-16H2,1H3,(H2,24,25,28). The predicted molar refractivity (Wildman–Crippen MR) is 111 cm³/mol. The van der Waals surface area contributed by atoms with E-state index in [-0.39, 0.29) is 11.9 Å². The maximum atomic E-state index is 12.5. The molecule has 3 rings (SSSR count). The molecule has 1 aliphatic heterocycles. The van der Waals surface area contributed by atoms with Crippen LogP contribution >= 0.6 is 0 Å². The van der Waals surface area contributed by atoms with Crippen molar-refractivity contribution in [3.05, 3.63) is 59.3 Å². The number of nitrogens with one attached hydrogen (secondary N) is 2. The second kappa shape index (κ2) is 10.5. The van der Waals surface area contributed by atoms with E-state index in [1.807, 2.05) is 48.2 Å². The third-order valence-electron chi connectivity index (χ3n) is 4.87. The average molecular weight is 396 g/mol. The van der Waals surface area contributed by atoms with Crippen LogP contribution in [0.1, 0.15) is 47.7 Å². The molecule has 2 heterocycles. The number of urea groups is 1. The van der Waals surface area contributed by atoms with Crippen LogP contribution in [0.5, 0.6) is 5.88 Å². The van der Waals surface area contributed by atoms with Crippen LogP contribution in [0.3, 0.4) is 0 Å². The lowest BCUT2D eigenvalue weighted by atomic mass is 10.1. The summed E-state index contributed by atoms with van der Waals surface area (Å²) in [4.78, 5) is 30.7. The van der Waals surface area contributed by atoms with Gasteiger partial charge in [-0.05, 0) is 49.9 Å². The molecule has 1 aromatic heterocycles. The van der Waals surface area contributed by atoms with Gasteiger partial charge in [-0.15, -0.1) is 0 Å². The summed E-state index contributed by atoms with van der Waals surface area (Å²) in [7, 11) is 0. The predicted octanol–water partition coefficient (Wildman–Crippen LogP) is 3.11. The highest BCUT2D eigenvalue weighted by Crippen LogP contribution is 2.15. The molecule has 1 aliphatic rings. The first kappa shape index (κ1) is 20.6. The molecule has 0 saturated carbocycles. The van der Waals surface area contributed by atoms with Gasteiger partial charge in [0.15, 0.2) is 0 Å². The average Bonchev–Trinajstić information content (AvgIpc) is 2.78. The summed E-state index contributed by atoms with van der Waals surface area (Å²) in [6.45, 7) is 4.80. The normalized spacial score (nSPS) is 13.6. The van der Waals surface area contributed by atoms with Crippen molar-refractivity contribution in [3.8, 4) is 5.88 Å². The van der Waals surface area contributed by atoms with Gasteiger partial charge >= 0.3 is 6.03 Å². The summed E-state index contributed by atoms with van der Waals surface area (Å²) >= 11 is 0. The summed E-state index contributed by atoms with van der Waals surface area (Å²) < 4.78 is 5.46. The Bertz CT molecular complexity index is 817. The van der Waals surface area contributed by atoms with E-state index in [0.29, 0.717) is 31.1 Å². The molecule has 7 nitrogen and oxygen atoms in total. The number of carbonyl (C=O) groups is 2. The number of hydrogen-bond acceptors (Lipinski definition) is 4. The molecule has 7 heteroatoms. The van der Waals surface area contributed by atoms with Gasteiger partial charge < -0.3 is 20.3 Å². The number of benzene rings is 1. The number of amides is 3. The zero-order valence-corrected chi connectivity index (χ0v) is 16.8. The molecule has 1 fully saturated rings. The van der Waals surface area contributed by atoms with Crippen molar-refractivity contribution in [2.45, 2.75) is 39.3 Å². The molecular weight excluding hydrogens is 368 g/mol. The highest BCUT2D eigenvalue weighted by atomic mass is 16.5. The number of ether oxygens (including phenoxy) is 1. The number of rotatable bonds is 7. The molecule has 154 valence electrons. The Labute approximate surface area is 171 Å². The molecular formula is C22H28N4O3. The van der Waals surface area contributed by atoms with Gasteiger partial charge in [0, 0.05) is 43.5 Å². The molecule has 0 bridgehead atoms. The van der Waals surface area contributed by atoms with Crippen LogP contribution in [0.2, 0.25) is 0 Å². The molecule has 0 unspecified atom stereocenters. The van der Waals surface area contributed by atoms with E-state index in [0.717, 1.165) is 37.1 Å². The lowest BCUT2D eigenvalue weighted by Gasteiger charge is -2.26. The molecule has 2 aromatic rings. The number of nitrogens with zero attached hydrogens (tertiary/aromatic N) is 2. The quantitative estimate of drug-likeness (QED) is 0.753. The summed E-state index contributed by atoms with van der Waals surface area (Å²) in [5, 5.41) is 5.64. The minimum absolute atomic E-state index is 0.0866. The summed E-state index contributed by atoms with van der Waals surface area (Å²) in [6.07, 6.45) is 5.01. The zero-order chi connectivity index (χ0) is 20.5. The monoisotopic (exact) mass is 396 g/mol. The number of likely N-dealkylation sites (tertiary alicyclic amines) is 1. The second-order valence-electron chi connectivity index (χ2n) is 6.99. The van der Waals surface area contributed by atoms with E-state index in [1.54, 1.807) is 6.20 Å². The molecule has 0 atom stereocenters. The summed E-state index contributed by atoms with van der Waals surface area (Å²) in [6, 6.07) is 10.8. The largest absolute Gasteiger partial charge is 0.478 e. The number of carbonyl (C=O) groups excluding carboxylic acids is 2. The molecule has 1 aromatic carbocycles. The minimum atomic E-state index is -0.273. The van der Waals surface area contributed by atoms with Crippen molar-refractivity contribution in [1.29, 1.82) is 0 Å². The van der Waals surface area contributed by atoms with Crippen molar-refractivity contribution in [2.75, 3.05) is 19.7 Å². The van der Waals surface area contributed by atoms with Gasteiger partial charge in [0.05, 0.1) is 6.61 Å². The fraction of sp³-hybridized carbons (Fsp3) is 0.409. The Balaban J connectivity index is 1.46. The Morgan fingerprint density at radius 3 is 2.48 bits per heavy atom. The van der Waals surface area contributed by atoms with Crippen LogP contribution in [0.4, 0.5) is 4.79 Å². The molecule has 0 aliphatic carbocycles. The Morgan fingerprint density at radius 2 is 1.76 bits per heavy atom. The molecule has 0 spiro atoms. The van der Waals surface area contributed by atoms with E-state index < -0.39 is 0 Å². The van der Waals surface area contributed by atoms with Crippen LogP contribution in [0.25, 0.3) is 0 Å². The van der Waals surface area contributed by atoms with Gasteiger partial charge in [-0.25, -0.2) is 9.78 Å². The molecule has 29 heavy (non-hydrogen) atoms. The van der Waals surface area contributed by atoms with Gasteiger partial charge in [0.1, 0.15) is 0 Å². The third-order valence-corrected chi connectivity index (χ3v) is 4.87. The van der Waals surface area contributed by atoms with Gasteiger partial charge in [-0.1, -0.05) is 18.2 Å². The Kier molecular flexibility index (Phi) is 7.44. The minimum Gasteiger partial charge on any atom is -0.478 e. The van der Waals surface area contributed by atoms with Crippen LogP contribution in [-0.4, -0.2) is 41.5 Å². The van der Waals surface area contributed by atoms with Crippen molar-refractivity contribution in [2.24, 2.45) is 0 Å². The molecule has 3 amide bonds. The third kappa shape index (κ3) is 5.94. The van der Waals surface area contributed by atoms with Crippen molar-refractivity contribution >= 4 is 11.9 Å².